The van der Waals surface area contributed by atoms with E-state index in [0.29, 0.717) is 28.5 Å². The lowest BCUT2D eigenvalue weighted by Crippen LogP contribution is -2.29. The van der Waals surface area contributed by atoms with Crippen LogP contribution in [0.2, 0.25) is 0 Å². The molecular formula is C32H41N7O3. The monoisotopic (exact) mass is 571 g/mol. The Bertz CT molecular complexity index is 1610. The predicted molar refractivity (Wildman–Crippen MR) is 173 cm³/mol. The molecule has 2 N–H and O–H groups in total. The third-order valence-electron chi connectivity index (χ3n) is 6.56. The van der Waals surface area contributed by atoms with Crippen molar-refractivity contribution in [2.24, 2.45) is 0 Å². The van der Waals surface area contributed by atoms with Crippen LogP contribution in [0.25, 0.3) is 16.7 Å². The lowest BCUT2D eigenvalue weighted by Gasteiger charge is -2.26. The third-order valence-corrected chi connectivity index (χ3v) is 6.56. The van der Waals surface area contributed by atoms with E-state index in [9.17, 15) is 9.59 Å². The summed E-state index contributed by atoms with van der Waals surface area (Å²) in [7, 11) is 7.54. The summed E-state index contributed by atoms with van der Waals surface area (Å²) >= 11 is 0. The largest absolute Gasteiger partial charge is 0.494 e. The normalized spacial score (nSPS) is 10.6. The first-order chi connectivity index (χ1) is 20.1. The molecule has 0 spiro atoms. The summed E-state index contributed by atoms with van der Waals surface area (Å²) in [5.74, 6) is 0.469. The SMILES string of the molecule is C=CC(=O)Nc1cc(Nc2ncc3c(C)cc(=O)n(-c4ccc(C)cc4)c3n2)c(OC)cc1N(C)CCN(C)C.CC. The highest BCUT2D eigenvalue weighted by Gasteiger charge is 2.18. The number of aromatic nitrogens is 3. The van der Waals surface area contributed by atoms with Crippen molar-refractivity contribution in [1.82, 2.24) is 19.4 Å². The van der Waals surface area contributed by atoms with Gasteiger partial charge < -0.3 is 25.2 Å². The fourth-order valence-corrected chi connectivity index (χ4v) is 4.28. The van der Waals surface area contributed by atoms with Gasteiger partial charge in [0.1, 0.15) is 5.75 Å². The van der Waals surface area contributed by atoms with Crippen LogP contribution in [0.5, 0.6) is 5.75 Å². The van der Waals surface area contributed by atoms with Gasteiger partial charge in [0.2, 0.25) is 11.9 Å². The summed E-state index contributed by atoms with van der Waals surface area (Å²) in [5.41, 5.74) is 4.77. The van der Waals surface area contributed by atoms with Gasteiger partial charge in [0.25, 0.3) is 5.56 Å². The average Bonchev–Trinajstić information content (AvgIpc) is 2.97. The summed E-state index contributed by atoms with van der Waals surface area (Å²) in [6.07, 6.45) is 2.92. The molecule has 0 fully saturated rings. The van der Waals surface area contributed by atoms with Gasteiger partial charge in [-0.2, -0.15) is 4.98 Å². The van der Waals surface area contributed by atoms with Crippen LogP contribution >= 0.6 is 0 Å². The second-order valence-corrected chi connectivity index (χ2v) is 9.88. The third kappa shape index (κ3) is 7.32. The number of carbonyl (C=O) groups is 1. The zero-order valence-electron chi connectivity index (χ0n) is 25.8. The molecule has 0 aliphatic carbocycles. The number of anilines is 4. The van der Waals surface area contributed by atoms with Gasteiger partial charge in [-0.05, 0) is 57.8 Å². The Balaban J connectivity index is 0.00000237. The van der Waals surface area contributed by atoms with E-state index in [2.05, 4.69) is 27.1 Å². The molecule has 1 amide bonds. The van der Waals surface area contributed by atoms with Crippen LogP contribution in [0.15, 0.2) is 66.1 Å². The van der Waals surface area contributed by atoms with Crippen molar-refractivity contribution < 1.29 is 9.53 Å². The Kier molecular flexibility index (Phi) is 10.8. The number of nitrogens with one attached hydrogen (secondary N) is 2. The second kappa shape index (κ2) is 14.3. The average molecular weight is 572 g/mol. The van der Waals surface area contributed by atoms with E-state index in [1.807, 2.05) is 84.1 Å². The number of hydrogen-bond acceptors (Lipinski definition) is 8. The van der Waals surface area contributed by atoms with Crippen molar-refractivity contribution in [3.8, 4) is 11.4 Å². The number of rotatable bonds is 10. The molecular weight excluding hydrogens is 530 g/mol. The van der Waals surface area contributed by atoms with Gasteiger partial charge in [0.15, 0.2) is 5.65 Å². The number of hydrogen-bond donors (Lipinski definition) is 2. The smallest absolute Gasteiger partial charge is 0.257 e. The molecule has 2 aromatic heterocycles. The molecule has 0 aliphatic rings. The van der Waals surface area contributed by atoms with Crippen molar-refractivity contribution in [3.63, 3.8) is 0 Å². The van der Waals surface area contributed by atoms with Gasteiger partial charge in [-0.15, -0.1) is 0 Å². The molecule has 4 aromatic rings. The Morgan fingerprint density at radius 2 is 1.74 bits per heavy atom. The maximum atomic E-state index is 13.1. The van der Waals surface area contributed by atoms with Crippen LogP contribution < -0.4 is 25.8 Å². The van der Waals surface area contributed by atoms with E-state index in [-0.39, 0.29) is 17.4 Å². The Hall–Kier alpha value is -4.70. The van der Waals surface area contributed by atoms with E-state index < -0.39 is 0 Å². The number of nitrogens with zero attached hydrogens (tertiary/aromatic N) is 5. The number of ether oxygens (including phenoxy) is 1. The summed E-state index contributed by atoms with van der Waals surface area (Å²) in [6, 6.07) is 12.9. The second-order valence-electron chi connectivity index (χ2n) is 9.88. The maximum Gasteiger partial charge on any atom is 0.257 e. The molecule has 0 aliphatic heterocycles. The van der Waals surface area contributed by atoms with Crippen LogP contribution in [0.3, 0.4) is 0 Å². The van der Waals surface area contributed by atoms with E-state index in [1.165, 1.54) is 6.08 Å². The lowest BCUT2D eigenvalue weighted by atomic mass is 10.1. The summed E-state index contributed by atoms with van der Waals surface area (Å²) < 4.78 is 7.28. The molecule has 10 nitrogen and oxygen atoms in total. The van der Waals surface area contributed by atoms with Gasteiger partial charge >= 0.3 is 0 Å². The standard InChI is InChI=1S/C30H35N7O3.C2H6/c1-8-27(38)32-23-16-24(26(40-7)17-25(23)36(6)14-13-35(4)5)33-30-31-18-22-20(3)15-28(39)37(29(22)34-30)21-11-9-19(2)10-12-21;1-2/h8-12,15-18H,1,13-14H2,2-7H3,(H,32,38)(H,31,33,34);1-2H3. The van der Waals surface area contributed by atoms with E-state index in [4.69, 9.17) is 9.72 Å². The van der Waals surface area contributed by atoms with Gasteiger partial charge in [0, 0.05) is 43.9 Å². The highest BCUT2D eigenvalue weighted by molar-refractivity contribution is 6.02. The van der Waals surface area contributed by atoms with Crippen molar-refractivity contribution in [2.75, 3.05) is 56.9 Å². The van der Waals surface area contributed by atoms with E-state index in [0.717, 1.165) is 35.3 Å². The number of carbonyl (C=O) groups excluding carboxylic acids is 1. The van der Waals surface area contributed by atoms with Crippen LogP contribution in [-0.4, -0.2) is 66.7 Å². The van der Waals surface area contributed by atoms with Crippen molar-refractivity contribution in [3.05, 3.63) is 82.8 Å². The van der Waals surface area contributed by atoms with E-state index in [1.54, 1.807) is 30.0 Å². The molecule has 4 rings (SSSR count). The molecule has 10 heteroatoms. The number of fused-ring (bicyclic) bond motifs is 1. The topological polar surface area (TPSA) is 105 Å². The molecule has 2 aromatic carbocycles. The zero-order chi connectivity index (χ0) is 31.0. The quantitative estimate of drug-likeness (QED) is 0.247. The maximum absolute atomic E-state index is 13.1. The first-order valence-corrected chi connectivity index (χ1v) is 13.9. The molecule has 0 bridgehead atoms. The predicted octanol–water partition coefficient (Wildman–Crippen LogP) is 5.30. The molecule has 222 valence electrons. The summed E-state index contributed by atoms with van der Waals surface area (Å²) in [4.78, 5) is 38.8. The number of amides is 1. The van der Waals surface area contributed by atoms with Gasteiger partial charge in [-0.1, -0.05) is 38.1 Å². The van der Waals surface area contributed by atoms with Crippen LogP contribution in [0, 0.1) is 13.8 Å². The number of pyridine rings is 1. The molecule has 0 unspecified atom stereocenters. The Morgan fingerprint density at radius 3 is 2.36 bits per heavy atom. The summed E-state index contributed by atoms with van der Waals surface area (Å²) in [5, 5.41) is 6.87. The minimum absolute atomic E-state index is 0.185. The highest BCUT2D eigenvalue weighted by Crippen LogP contribution is 2.38. The molecule has 0 saturated heterocycles. The van der Waals surface area contributed by atoms with Crippen LogP contribution in [-0.2, 0) is 4.79 Å². The fourth-order valence-electron chi connectivity index (χ4n) is 4.28. The minimum atomic E-state index is -0.335. The fraction of sp³-hybridized carbons (Fsp3) is 0.312. The molecule has 0 saturated carbocycles. The van der Waals surface area contributed by atoms with Crippen molar-refractivity contribution in [2.45, 2.75) is 27.7 Å². The van der Waals surface area contributed by atoms with Gasteiger partial charge in [0.05, 0.1) is 29.9 Å². The molecule has 0 atom stereocenters. The van der Waals surface area contributed by atoms with E-state index >= 15 is 0 Å². The van der Waals surface area contributed by atoms with Crippen LogP contribution in [0.4, 0.5) is 23.0 Å². The Morgan fingerprint density at radius 1 is 1.05 bits per heavy atom. The lowest BCUT2D eigenvalue weighted by molar-refractivity contribution is -0.111. The Labute approximate surface area is 247 Å². The number of benzene rings is 2. The number of aryl methyl sites for hydroxylation is 2. The van der Waals surface area contributed by atoms with Gasteiger partial charge in [-0.25, -0.2) is 4.98 Å². The minimum Gasteiger partial charge on any atom is -0.494 e. The first kappa shape index (κ1) is 31.8. The van der Waals surface area contributed by atoms with Crippen molar-refractivity contribution >= 4 is 40.0 Å². The first-order valence-electron chi connectivity index (χ1n) is 13.9. The molecule has 42 heavy (non-hydrogen) atoms. The number of likely N-dealkylation sites (N-methyl/N-ethyl adjacent to an activating group) is 2. The zero-order valence-corrected chi connectivity index (χ0v) is 25.8. The number of methoxy groups -OCH3 is 1. The van der Waals surface area contributed by atoms with Gasteiger partial charge in [-0.3, -0.25) is 14.2 Å². The summed E-state index contributed by atoms with van der Waals surface area (Å²) in [6.45, 7) is 13.0. The van der Waals surface area contributed by atoms with Crippen LogP contribution in [0.1, 0.15) is 25.0 Å². The molecule has 0 radical (unpaired) electrons. The molecule has 2 heterocycles. The van der Waals surface area contributed by atoms with Crippen molar-refractivity contribution in [1.29, 1.82) is 0 Å². The highest BCUT2D eigenvalue weighted by atomic mass is 16.5.